The summed E-state index contributed by atoms with van der Waals surface area (Å²) in [5, 5.41) is 9.40. The zero-order chi connectivity index (χ0) is 21.8. The fourth-order valence-corrected chi connectivity index (χ4v) is 5.33. The van der Waals surface area contributed by atoms with E-state index in [1.165, 1.54) is 18.7 Å². The minimum Gasteiger partial charge on any atom is -0.395 e. The zero-order valence-electron chi connectivity index (χ0n) is 17.2. The summed E-state index contributed by atoms with van der Waals surface area (Å²) in [6, 6.07) is 3.19. The van der Waals surface area contributed by atoms with Crippen molar-refractivity contribution >= 4 is 27.4 Å². The van der Waals surface area contributed by atoms with Crippen LogP contribution in [0.4, 0.5) is 5.95 Å². The molecule has 2 aromatic rings. The van der Waals surface area contributed by atoms with E-state index in [1.807, 2.05) is 0 Å². The Morgan fingerprint density at radius 3 is 2.52 bits per heavy atom. The second kappa shape index (κ2) is 9.77. The number of rotatable bonds is 9. The number of piperidine rings is 1. The van der Waals surface area contributed by atoms with Gasteiger partial charge < -0.3 is 14.7 Å². The minimum atomic E-state index is -3.46. The molecule has 1 N–H and O–H groups in total. The molecule has 0 radical (unpaired) electrons. The Morgan fingerprint density at radius 2 is 1.87 bits per heavy atom. The van der Waals surface area contributed by atoms with Crippen LogP contribution in [0.3, 0.4) is 0 Å². The molecule has 0 unspecified atom stereocenters. The average molecular weight is 467 g/mol. The Kier molecular flexibility index (Phi) is 7.05. The summed E-state index contributed by atoms with van der Waals surface area (Å²) in [6.45, 7) is 2.61. The second-order valence-corrected chi connectivity index (χ2v) is 10.8. The van der Waals surface area contributed by atoms with Crippen LogP contribution >= 0.6 is 11.6 Å². The minimum absolute atomic E-state index is 0.128. The van der Waals surface area contributed by atoms with Gasteiger partial charge >= 0.3 is 0 Å². The lowest BCUT2D eigenvalue weighted by Crippen LogP contribution is -2.35. The Morgan fingerprint density at radius 1 is 1.13 bits per heavy atom. The summed E-state index contributed by atoms with van der Waals surface area (Å²) in [6.07, 6.45) is 8.09. The first-order valence-electron chi connectivity index (χ1n) is 10.5. The molecule has 1 saturated carbocycles. The van der Waals surface area contributed by atoms with Crippen LogP contribution < -0.4 is 4.90 Å². The molecule has 2 aromatic heterocycles. The number of aliphatic hydroxyl groups excluding tert-OH is 1. The van der Waals surface area contributed by atoms with Crippen molar-refractivity contribution in [3.8, 4) is 0 Å². The maximum absolute atomic E-state index is 11.9. The monoisotopic (exact) mass is 466 g/mol. The van der Waals surface area contributed by atoms with Crippen LogP contribution in [0, 0.1) is 17.8 Å². The second-order valence-electron chi connectivity index (χ2n) is 8.23. The van der Waals surface area contributed by atoms with Crippen molar-refractivity contribution in [1.82, 2.24) is 15.0 Å². The molecular formula is C21H27ClN4O4S. The van der Waals surface area contributed by atoms with Gasteiger partial charge in [0, 0.05) is 19.3 Å². The molecule has 3 heterocycles. The van der Waals surface area contributed by atoms with Crippen molar-refractivity contribution in [2.45, 2.75) is 30.8 Å². The van der Waals surface area contributed by atoms with E-state index in [2.05, 4.69) is 19.9 Å². The van der Waals surface area contributed by atoms with Crippen LogP contribution in [0.5, 0.6) is 0 Å². The first-order valence-corrected chi connectivity index (χ1v) is 12.6. The third kappa shape index (κ3) is 5.71. The van der Waals surface area contributed by atoms with Crippen molar-refractivity contribution in [3.63, 3.8) is 0 Å². The molecule has 2 fully saturated rings. The fourth-order valence-electron chi connectivity index (χ4n) is 4.27. The number of ether oxygens (including phenoxy) is 1. The van der Waals surface area contributed by atoms with Crippen molar-refractivity contribution in [1.29, 1.82) is 0 Å². The quantitative estimate of drug-likeness (QED) is 0.600. The highest BCUT2D eigenvalue weighted by atomic mass is 35.5. The fraction of sp³-hybridized carbons (Fsp3) is 0.571. The van der Waals surface area contributed by atoms with Crippen LogP contribution in [-0.2, 0) is 21.2 Å². The summed E-state index contributed by atoms with van der Waals surface area (Å²) in [5.74, 6) is 2.48. The highest BCUT2D eigenvalue weighted by Crippen LogP contribution is 2.48. The van der Waals surface area contributed by atoms with Gasteiger partial charge in [0.15, 0.2) is 9.84 Å². The maximum Gasteiger partial charge on any atom is 0.225 e. The molecule has 168 valence electrons. The number of anilines is 1. The van der Waals surface area contributed by atoms with Crippen molar-refractivity contribution in [2.24, 2.45) is 17.8 Å². The van der Waals surface area contributed by atoms with Crippen LogP contribution in [-0.4, -0.2) is 60.5 Å². The van der Waals surface area contributed by atoms with Crippen molar-refractivity contribution < 1.29 is 18.3 Å². The van der Waals surface area contributed by atoms with Crippen LogP contribution in [0.1, 0.15) is 25.0 Å². The predicted molar refractivity (Wildman–Crippen MR) is 117 cm³/mol. The van der Waals surface area contributed by atoms with Gasteiger partial charge in [-0.3, -0.25) is 4.98 Å². The molecule has 0 amide bonds. The summed E-state index contributed by atoms with van der Waals surface area (Å²) in [7, 11) is -3.46. The van der Waals surface area contributed by atoms with Gasteiger partial charge in [0.25, 0.3) is 0 Å². The van der Waals surface area contributed by atoms with Gasteiger partial charge in [-0.2, -0.15) is 0 Å². The number of aromatic nitrogens is 3. The molecule has 8 nitrogen and oxygen atoms in total. The van der Waals surface area contributed by atoms with Gasteiger partial charge in [-0.05, 0) is 49.1 Å². The standard InChI is InChI=1S/C21H27ClN4O4S/c22-17-10-24-21(25-11-17)26-5-3-15(4-6-26)20-9-16(20)13-30-14-18-1-2-19(12-23-18)31(28,29)8-7-27/h1-2,10-12,15-16,20,27H,3-9,13-14H2/t16-,20+/m0/s1. The zero-order valence-corrected chi connectivity index (χ0v) is 18.8. The highest BCUT2D eigenvalue weighted by Gasteiger charge is 2.43. The van der Waals surface area contributed by atoms with E-state index in [-0.39, 0.29) is 10.6 Å². The Balaban J connectivity index is 1.17. The number of halogens is 1. The summed E-state index contributed by atoms with van der Waals surface area (Å²) >= 11 is 5.87. The average Bonchev–Trinajstić information content (AvgIpc) is 3.54. The largest absolute Gasteiger partial charge is 0.395 e. The number of pyridine rings is 1. The first-order chi connectivity index (χ1) is 15.0. The molecule has 0 bridgehead atoms. The summed E-state index contributed by atoms with van der Waals surface area (Å²) in [4.78, 5) is 15.2. The van der Waals surface area contributed by atoms with Crippen molar-refractivity contribution in [2.75, 3.05) is 37.0 Å². The lowest BCUT2D eigenvalue weighted by atomic mass is 9.91. The Hall–Kier alpha value is -1.81. The number of hydrogen-bond acceptors (Lipinski definition) is 8. The van der Waals surface area contributed by atoms with E-state index < -0.39 is 16.4 Å². The molecule has 1 aliphatic heterocycles. The SMILES string of the molecule is O=S(=O)(CCO)c1ccc(COC[C@@H]2C[C@@H]2C2CCN(c3ncc(Cl)cn3)CC2)nc1. The van der Waals surface area contributed by atoms with E-state index in [0.29, 0.717) is 41.7 Å². The van der Waals surface area contributed by atoms with Crippen LogP contribution in [0.2, 0.25) is 5.02 Å². The van der Waals surface area contributed by atoms with Gasteiger partial charge in [0.2, 0.25) is 5.95 Å². The van der Waals surface area contributed by atoms with E-state index in [9.17, 15) is 8.42 Å². The van der Waals surface area contributed by atoms with E-state index in [1.54, 1.807) is 18.5 Å². The predicted octanol–water partition coefficient (Wildman–Crippen LogP) is 2.36. The van der Waals surface area contributed by atoms with Gasteiger partial charge in [-0.15, -0.1) is 0 Å². The topological polar surface area (TPSA) is 106 Å². The number of aliphatic hydroxyl groups is 1. The molecule has 2 atom stereocenters. The normalized spacial score (nSPS) is 21.9. The molecule has 4 rings (SSSR count). The van der Waals surface area contributed by atoms with E-state index in [0.717, 1.165) is 31.9 Å². The molecular weight excluding hydrogens is 440 g/mol. The Bertz CT molecular complexity index is 964. The number of hydrogen-bond donors (Lipinski definition) is 1. The molecule has 0 spiro atoms. The molecule has 1 aliphatic carbocycles. The van der Waals surface area contributed by atoms with Crippen LogP contribution in [0.15, 0.2) is 35.6 Å². The van der Waals surface area contributed by atoms with Gasteiger partial charge in [-0.1, -0.05) is 11.6 Å². The van der Waals surface area contributed by atoms with E-state index in [4.69, 9.17) is 21.4 Å². The van der Waals surface area contributed by atoms with Gasteiger partial charge in [-0.25, -0.2) is 18.4 Å². The molecule has 1 saturated heterocycles. The lowest BCUT2D eigenvalue weighted by Gasteiger charge is -2.32. The smallest absolute Gasteiger partial charge is 0.225 e. The molecule has 2 aliphatic rings. The van der Waals surface area contributed by atoms with E-state index >= 15 is 0 Å². The van der Waals surface area contributed by atoms with Gasteiger partial charge in [0.05, 0.1) is 53.6 Å². The third-order valence-corrected chi connectivity index (χ3v) is 7.99. The summed E-state index contributed by atoms with van der Waals surface area (Å²) in [5.41, 5.74) is 0.705. The maximum atomic E-state index is 11.9. The van der Waals surface area contributed by atoms with Gasteiger partial charge in [0.1, 0.15) is 0 Å². The van der Waals surface area contributed by atoms with Crippen LogP contribution in [0.25, 0.3) is 0 Å². The Labute approximate surface area is 187 Å². The lowest BCUT2D eigenvalue weighted by molar-refractivity contribution is 0.102. The summed E-state index contributed by atoms with van der Waals surface area (Å²) < 4.78 is 29.7. The molecule has 0 aromatic carbocycles. The first kappa shape index (κ1) is 22.4. The molecule has 31 heavy (non-hydrogen) atoms. The number of nitrogens with zero attached hydrogens (tertiary/aromatic N) is 4. The third-order valence-electron chi connectivity index (χ3n) is 6.11. The van der Waals surface area contributed by atoms with Crippen molar-refractivity contribution in [3.05, 3.63) is 41.4 Å². The number of sulfone groups is 1. The molecule has 10 heteroatoms. The highest BCUT2D eigenvalue weighted by molar-refractivity contribution is 7.91.